The SMILES string of the molecule is O=C(CCC(F)(F)F)NCc1noc(Cc2ccccc2)n1. The van der Waals surface area contributed by atoms with Crippen molar-refractivity contribution in [3.63, 3.8) is 0 Å². The number of benzene rings is 1. The zero-order chi connectivity index (χ0) is 16.0. The van der Waals surface area contributed by atoms with Crippen molar-refractivity contribution in [2.75, 3.05) is 0 Å². The van der Waals surface area contributed by atoms with Crippen molar-refractivity contribution in [2.24, 2.45) is 0 Å². The first-order chi connectivity index (χ1) is 10.4. The molecule has 5 nitrogen and oxygen atoms in total. The third kappa shape index (κ3) is 5.55. The molecule has 1 heterocycles. The lowest BCUT2D eigenvalue weighted by molar-refractivity contribution is -0.144. The second kappa shape index (κ2) is 7.06. The molecule has 0 aliphatic heterocycles. The second-order valence-corrected chi connectivity index (χ2v) is 4.66. The van der Waals surface area contributed by atoms with Gasteiger partial charge < -0.3 is 9.84 Å². The van der Waals surface area contributed by atoms with Gasteiger partial charge in [0.05, 0.1) is 19.4 Å². The smallest absolute Gasteiger partial charge is 0.349 e. The molecule has 1 aromatic carbocycles. The number of hydrogen-bond acceptors (Lipinski definition) is 4. The maximum atomic E-state index is 12.0. The Hall–Kier alpha value is -2.38. The summed E-state index contributed by atoms with van der Waals surface area (Å²) in [5, 5.41) is 5.99. The Morgan fingerprint density at radius 2 is 1.95 bits per heavy atom. The minimum Gasteiger partial charge on any atom is -0.349 e. The molecule has 2 rings (SSSR count). The summed E-state index contributed by atoms with van der Waals surface area (Å²) in [5.41, 5.74) is 0.993. The molecule has 0 atom stereocenters. The van der Waals surface area contributed by atoms with Gasteiger partial charge in [0.15, 0.2) is 5.82 Å². The molecule has 0 aliphatic rings. The number of nitrogens with zero attached hydrogens (tertiary/aromatic N) is 2. The highest BCUT2D eigenvalue weighted by molar-refractivity contribution is 5.75. The Kier molecular flexibility index (Phi) is 5.13. The Morgan fingerprint density at radius 3 is 2.64 bits per heavy atom. The van der Waals surface area contributed by atoms with E-state index in [2.05, 4.69) is 15.5 Å². The van der Waals surface area contributed by atoms with Gasteiger partial charge in [-0.1, -0.05) is 35.5 Å². The maximum Gasteiger partial charge on any atom is 0.389 e. The molecule has 0 bridgehead atoms. The monoisotopic (exact) mass is 313 g/mol. The van der Waals surface area contributed by atoms with E-state index in [1.54, 1.807) is 0 Å². The Balaban J connectivity index is 1.79. The fourth-order valence-corrected chi connectivity index (χ4v) is 1.73. The molecule has 8 heteroatoms. The quantitative estimate of drug-likeness (QED) is 0.890. The van der Waals surface area contributed by atoms with E-state index in [0.29, 0.717) is 12.3 Å². The third-order valence-corrected chi connectivity index (χ3v) is 2.79. The number of amides is 1. The average Bonchev–Trinajstić information content (AvgIpc) is 2.91. The number of carbonyl (C=O) groups excluding carboxylic acids is 1. The number of nitrogens with one attached hydrogen (secondary N) is 1. The fraction of sp³-hybridized carbons (Fsp3) is 0.357. The van der Waals surface area contributed by atoms with Gasteiger partial charge in [0, 0.05) is 6.42 Å². The number of hydrogen-bond donors (Lipinski definition) is 1. The molecule has 2 aromatic rings. The molecule has 0 unspecified atom stereocenters. The summed E-state index contributed by atoms with van der Waals surface area (Å²) in [7, 11) is 0. The molecule has 0 spiro atoms. The second-order valence-electron chi connectivity index (χ2n) is 4.66. The van der Waals surface area contributed by atoms with Crippen molar-refractivity contribution in [1.82, 2.24) is 15.5 Å². The number of halogens is 3. The summed E-state index contributed by atoms with van der Waals surface area (Å²) in [5.74, 6) is -0.0937. The minimum absolute atomic E-state index is 0.0605. The van der Waals surface area contributed by atoms with Crippen LogP contribution in [0.4, 0.5) is 13.2 Å². The summed E-state index contributed by atoms with van der Waals surface area (Å²) in [6.07, 6.45) is -5.65. The summed E-state index contributed by atoms with van der Waals surface area (Å²) >= 11 is 0. The number of carbonyl (C=O) groups is 1. The molecule has 1 aromatic heterocycles. The molecular weight excluding hydrogens is 299 g/mol. The molecular formula is C14H14F3N3O2. The van der Waals surface area contributed by atoms with Crippen LogP contribution >= 0.6 is 0 Å². The topological polar surface area (TPSA) is 68.0 Å². The van der Waals surface area contributed by atoms with Gasteiger partial charge in [-0.2, -0.15) is 18.2 Å². The lowest BCUT2D eigenvalue weighted by Gasteiger charge is -2.05. The molecule has 0 saturated heterocycles. The zero-order valence-corrected chi connectivity index (χ0v) is 11.6. The normalized spacial score (nSPS) is 11.4. The van der Waals surface area contributed by atoms with E-state index >= 15 is 0 Å². The van der Waals surface area contributed by atoms with Crippen LogP contribution in [0, 0.1) is 0 Å². The predicted molar refractivity (Wildman–Crippen MR) is 70.7 cm³/mol. The summed E-state index contributed by atoms with van der Waals surface area (Å²) in [6, 6.07) is 9.46. The third-order valence-electron chi connectivity index (χ3n) is 2.79. The van der Waals surface area contributed by atoms with Crippen molar-refractivity contribution in [3.05, 3.63) is 47.6 Å². The van der Waals surface area contributed by atoms with Crippen LogP contribution in [-0.4, -0.2) is 22.2 Å². The highest BCUT2D eigenvalue weighted by Crippen LogP contribution is 2.20. The van der Waals surface area contributed by atoms with Crippen LogP contribution in [0.3, 0.4) is 0 Å². The summed E-state index contributed by atoms with van der Waals surface area (Å²) in [4.78, 5) is 15.3. The van der Waals surface area contributed by atoms with Gasteiger partial charge in [0.25, 0.3) is 0 Å². The van der Waals surface area contributed by atoms with E-state index < -0.39 is 24.9 Å². The van der Waals surface area contributed by atoms with Crippen molar-refractivity contribution < 1.29 is 22.5 Å². The van der Waals surface area contributed by atoms with Crippen LogP contribution in [0.15, 0.2) is 34.9 Å². The minimum atomic E-state index is -4.34. The van der Waals surface area contributed by atoms with Crippen LogP contribution in [0.2, 0.25) is 0 Å². The van der Waals surface area contributed by atoms with Crippen LogP contribution in [0.25, 0.3) is 0 Å². The molecule has 1 N–H and O–H groups in total. The van der Waals surface area contributed by atoms with E-state index in [9.17, 15) is 18.0 Å². The zero-order valence-electron chi connectivity index (χ0n) is 11.6. The van der Waals surface area contributed by atoms with Gasteiger partial charge in [0.1, 0.15) is 0 Å². The molecule has 0 radical (unpaired) electrons. The van der Waals surface area contributed by atoms with E-state index in [0.717, 1.165) is 5.56 Å². The van der Waals surface area contributed by atoms with Gasteiger partial charge in [-0.25, -0.2) is 0 Å². The highest BCUT2D eigenvalue weighted by atomic mass is 19.4. The largest absolute Gasteiger partial charge is 0.389 e. The first kappa shape index (κ1) is 16.0. The number of rotatable bonds is 6. The molecule has 0 aliphatic carbocycles. The van der Waals surface area contributed by atoms with Gasteiger partial charge in [-0.3, -0.25) is 4.79 Å². The maximum absolute atomic E-state index is 12.0. The standard InChI is InChI=1S/C14H14F3N3O2/c15-14(16,17)7-6-12(21)18-9-11-19-13(22-20-11)8-10-4-2-1-3-5-10/h1-5H,6-9H2,(H,18,21). The van der Waals surface area contributed by atoms with Gasteiger partial charge in [-0.15, -0.1) is 0 Å². The Bertz CT molecular complexity index is 611. The first-order valence-corrected chi connectivity index (χ1v) is 6.61. The number of alkyl halides is 3. The predicted octanol–water partition coefficient (Wildman–Crippen LogP) is 2.62. The van der Waals surface area contributed by atoms with Gasteiger partial charge in [-0.05, 0) is 5.56 Å². The van der Waals surface area contributed by atoms with Crippen LogP contribution in [0.5, 0.6) is 0 Å². The average molecular weight is 313 g/mol. The van der Waals surface area contributed by atoms with Gasteiger partial charge in [0.2, 0.25) is 11.8 Å². The Labute approximate surface area is 124 Å². The van der Waals surface area contributed by atoms with E-state index in [1.165, 1.54) is 0 Å². The lowest BCUT2D eigenvalue weighted by atomic mass is 10.1. The molecule has 0 fully saturated rings. The Morgan fingerprint density at radius 1 is 1.23 bits per heavy atom. The van der Waals surface area contributed by atoms with Gasteiger partial charge >= 0.3 is 6.18 Å². The van der Waals surface area contributed by atoms with E-state index in [-0.39, 0.29) is 12.4 Å². The van der Waals surface area contributed by atoms with Crippen LogP contribution in [-0.2, 0) is 17.8 Å². The van der Waals surface area contributed by atoms with Crippen LogP contribution < -0.4 is 5.32 Å². The summed E-state index contributed by atoms with van der Waals surface area (Å²) in [6.45, 7) is -0.0605. The molecule has 118 valence electrons. The molecule has 1 amide bonds. The summed E-state index contributed by atoms with van der Waals surface area (Å²) < 4.78 is 40.9. The van der Waals surface area contributed by atoms with E-state index in [4.69, 9.17) is 4.52 Å². The van der Waals surface area contributed by atoms with Crippen molar-refractivity contribution >= 4 is 5.91 Å². The first-order valence-electron chi connectivity index (χ1n) is 6.61. The molecule has 22 heavy (non-hydrogen) atoms. The van der Waals surface area contributed by atoms with Crippen molar-refractivity contribution in [2.45, 2.75) is 32.0 Å². The fourth-order valence-electron chi connectivity index (χ4n) is 1.73. The highest BCUT2D eigenvalue weighted by Gasteiger charge is 2.27. The van der Waals surface area contributed by atoms with Crippen molar-refractivity contribution in [1.29, 1.82) is 0 Å². The molecule has 0 saturated carbocycles. The lowest BCUT2D eigenvalue weighted by Crippen LogP contribution is -2.25. The van der Waals surface area contributed by atoms with Crippen molar-refractivity contribution in [3.8, 4) is 0 Å². The number of aromatic nitrogens is 2. The van der Waals surface area contributed by atoms with Crippen LogP contribution in [0.1, 0.15) is 30.1 Å². The van der Waals surface area contributed by atoms with E-state index in [1.807, 2.05) is 30.3 Å².